The zero-order chi connectivity index (χ0) is 19.7. The average molecular weight is 371 g/mol. The summed E-state index contributed by atoms with van der Waals surface area (Å²) in [6.07, 6.45) is 3.99. The van der Waals surface area contributed by atoms with Gasteiger partial charge in [0.1, 0.15) is 0 Å². The Morgan fingerprint density at radius 3 is 2.61 bits per heavy atom. The summed E-state index contributed by atoms with van der Waals surface area (Å²) < 4.78 is 0. The molecule has 4 rings (SSSR count). The number of hydrogen-bond donors (Lipinski definition) is 1. The predicted octanol–water partition coefficient (Wildman–Crippen LogP) is 4.15. The lowest BCUT2D eigenvalue weighted by atomic mass is 10.1. The van der Waals surface area contributed by atoms with E-state index in [1.165, 1.54) is 0 Å². The summed E-state index contributed by atoms with van der Waals surface area (Å²) in [6, 6.07) is 14.9. The van der Waals surface area contributed by atoms with Crippen LogP contribution in [0.1, 0.15) is 37.4 Å². The summed E-state index contributed by atoms with van der Waals surface area (Å²) in [7, 11) is 0. The van der Waals surface area contributed by atoms with Crippen LogP contribution in [0.4, 0.5) is 11.4 Å². The van der Waals surface area contributed by atoms with Gasteiger partial charge in [-0.05, 0) is 79.4 Å². The standard InChI is InChI=1S/C23H21N3O2/c1-15-5-6-18(12-16(15)2)22(27)25-20-7-8-21-17(13-20)9-11-26(21)23(28)19-4-3-10-24-14-19/h3-8,10,12-14H,9,11H2,1-2H3,(H,25,27). The third-order valence-corrected chi connectivity index (χ3v) is 5.16. The Balaban J connectivity index is 1.53. The molecule has 0 spiro atoms. The third kappa shape index (κ3) is 3.39. The van der Waals surface area contributed by atoms with Gasteiger partial charge in [-0.25, -0.2) is 0 Å². The lowest BCUT2D eigenvalue weighted by Crippen LogP contribution is -2.28. The molecule has 2 heterocycles. The summed E-state index contributed by atoms with van der Waals surface area (Å²) in [5.41, 5.74) is 6.13. The molecule has 5 nitrogen and oxygen atoms in total. The number of aryl methyl sites for hydroxylation is 2. The number of anilines is 2. The number of hydrogen-bond acceptors (Lipinski definition) is 3. The first-order valence-corrected chi connectivity index (χ1v) is 9.26. The lowest BCUT2D eigenvalue weighted by Gasteiger charge is -2.17. The molecule has 1 aromatic heterocycles. The zero-order valence-electron chi connectivity index (χ0n) is 15.9. The highest BCUT2D eigenvalue weighted by Crippen LogP contribution is 2.31. The average Bonchev–Trinajstić information content (AvgIpc) is 3.13. The molecule has 1 aliphatic rings. The Bertz CT molecular complexity index is 1060. The number of nitrogens with zero attached hydrogens (tertiary/aromatic N) is 2. The van der Waals surface area contributed by atoms with Gasteiger partial charge >= 0.3 is 0 Å². The van der Waals surface area contributed by atoms with Crippen molar-refractivity contribution in [2.75, 3.05) is 16.8 Å². The molecule has 0 atom stereocenters. The van der Waals surface area contributed by atoms with Crippen molar-refractivity contribution < 1.29 is 9.59 Å². The van der Waals surface area contributed by atoms with Gasteiger partial charge < -0.3 is 10.2 Å². The number of carbonyl (C=O) groups is 2. The van der Waals surface area contributed by atoms with E-state index >= 15 is 0 Å². The van der Waals surface area contributed by atoms with Gasteiger partial charge in [0.05, 0.1) is 5.56 Å². The number of amides is 2. The molecule has 0 bridgehead atoms. The first-order chi connectivity index (χ1) is 13.5. The summed E-state index contributed by atoms with van der Waals surface area (Å²) in [4.78, 5) is 31.1. The van der Waals surface area contributed by atoms with Crippen LogP contribution in [0, 0.1) is 13.8 Å². The maximum atomic E-state index is 12.7. The first-order valence-electron chi connectivity index (χ1n) is 9.26. The van der Waals surface area contributed by atoms with Gasteiger partial charge in [-0.1, -0.05) is 6.07 Å². The van der Waals surface area contributed by atoms with Crippen LogP contribution in [0.3, 0.4) is 0 Å². The lowest BCUT2D eigenvalue weighted by molar-refractivity contribution is 0.0987. The van der Waals surface area contributed by atoms with Crippen LogP contribution < -0.4 is 10.2 Å². The Hall–Kier alpha value is -3.47. The van der Waals surface area contributed by atoms with Crippen molar-refractivity contribution >= 4 is 23.2 Å². The zero-order valence-corrected chi connectivity index (χ0v) is 15.9. The number of fused-ring (bicyclic) bond motifs is 1. The highest BCUT2D eigenvalue weighted by molar-refractivity contribution is 6.08. The molecule has 5 heteroatoms. The van der Waals surface area contributed by atoms with Crippen LogP contribution >= 0.6 is 0 Å². The molecule has 0 radical (unpaired) electrons. The van der Waals surface area contributed by atoms with Crippen LogP contribution in [0.25, 0.3) is 0 Å². The van der Waals surface area contributed by atoms with Crippen LogP contribution in [0.2, 0.25) is 0 Å². The Kier molecular flexibility index (Phi) is 4.65. The van der Waals surface area contributed by atoms with Crippen molar-refractivity contribution in [3.05, 3.63) is 88.7 Å². The van der Waals surface area contributed by atoms with Crippen molar-refractivity contribution in [2.24, 2.45) is 0 Å². The maximum absolute atomic E-state index is 12.7. The van der Waals surface area contributed by atoms with Crippen LogP contribution in [0.15, 0.2) is 60.9 Å². The van der Waals surface area contributed by atoms with Gasteiger partial charge in [0.2, 0.25) is 0 Å². The molecule has 0 unspecified atom stereocenters. The molecule has 2 aromatic carbocycles. The maximum Gasteiger partial charge on any atom is 0.259 e. The minimum atomic E-state index is -0.135. The fraction of sp³-hybridized carbons (Fsp3) is 0.174. The normalized spacial score (nSPS) is 12.6. The monoisotopic (exact) mass is 371 g/mol. The highest BCUT2D eigenvalue weighted by atomic mass is 16.2. The fourth-order valence-electron chi connectivity index (χ4n) is 3.42. The van der Waals surface area contributed by atoms with E-state index in [4.69, 9.17) is 0 Å². The molecule has 0 saturated carbocycles. The van der Waals surface area contributed by atoms with Crippen molar-refractivity contribution in [2.45, 2.75) is 20.3 Å². The van der Waals surface area contributed by atoms with E-state index in [0.29, 0.717) is 17.7 Å². The predicted molar refractivity (Wildman–Crippen MR) is 110 cm³/mol. The van der Waals surface area contributed by atoms with Gasteiger partial charge in [-0.15, -0.1) is 0 Å². The molecule has 2 amide bonds. The summed E-state index contributed by atoms with van der Waals surface area (Å²) >= 11 is 0. The minimum Gasteiger partial charge on any atom is -0.322 e. The van der Waals surface area contributed by atoms with E-state index in [-0.39, 0.29) is 11.8 Å². The van der Waals surface area contributed by atoms with Gasteiger partial charge in [-0.3, -0.25) is 14.6 Å². The summed E-state index contributed by atoms with van der Waals surface area (Å²) in [5.74, 6) is -0.192. The number of carbonyl (C=O) groups excluding carboxylic acids is 2. The molecule has 3 aromatic rings. The smallest absolute Gasteiger partial charge is 0.259 e. The molecule has 1 N–H and O–H groups in total. The quantitative estimate of drug-likeness (QED) is 0.752. The van der Waals surface area contributed by atoms with Crippen molar-refractivity contribution in [1.29, 1.82) is 0 Å². The molecular weight excluding hydrogens is 350 g/mol. The van der Waals surface area contributed by atoms with Gasteiger partial charge in [0.15, 0.2) is 0 Å². The molecule has 1 aliphatic heterocycles. The molecule has 28 heavy (non-hydrogen) atoms. The van der Waals surface area contributed by atoms with E-state index in [1.54, 1.807) is 29.4 Å². The number of pyridine rings is 1. The molecular formula is C23H21N3O2. The van der Waals surface area contributed by atoms with Crippen LogP contribution in [-0.2, 0) is 6.42 Å². The van der Waals surface area contributed by atoms with Crippen LogP contribution in [-0.4, -0.2) is 23.3 Å². The second kappa shape index (κ2) is 7.27. The second-order valence-electron chi connectivity index (χ2n) is 7.05. The topological polar surface area (TPSA) is 62.3 Å². The van der Waals surface area contributed by atoms with Gasteiger partial charge in [0.25, 0.3) is 11.8 Å². The number of rotatable bonds is 3. The van der Waals surface area contributed by atoms with E-state index < -0.39 is 0 Å². The number of nitrogens with one attached hydrogen (secondary N) is 1. The largest absolute Gasteiger partial charge is 0.322 e. The number of aromatic nitrogens is 1. The van der Waals surface area contributed by atoms with Gasteiger partial charge in [0, 0.05) is 35.9 Å². The first kappa shape index (κ1) is 17.9. The molecule has 0 aliphatic carbocycles. The van der Waals surface area contributed by atoms with Crippen molar-refractivity contribution in [3.8, 4) is 0 Å². The third-order valence-electron chi connectivity index (χ3n) is 5.16. The molecule has 0 saturated heterocycles. The SMILES string of the molecule is Cc1ccc(C(=O)Nc2ccc3c(c2)CCN3C(=O)c2cccnc2)cc1C. The molecule has 140 valence electrons. The summed E-state index contributed by atoms with van der Waals surface area (Å²) in [6.45, 7) is 4.64. The Morgan fingerprint density at radius 1 is 1.00 bits per heavy atom. The van der Waals surface area contributed by atoms with Gasteiger partial charge in [-0.2, -0.15) is 0 Å². The van der Waals surface area contributed by atoms with Crippen molar-refractivity contribution in [1.82, 2.24) is 4.98 Å². The van der Waals surface area contributed by atoms with E-state index in [9.17, 15) is 9.59 Å². The van der Waals surface area contributed by atoms with Crippen molar-refractivity contribution in [3.63, 3.8) is 0 Å². The van der Waals surface area contributed by atoms with Crippen LogP contribution in [0.5, 0.6) is 0 Å². The second-order valence-corrected chi connectivity index (χ2v) is 7.05. The Morgan fingerprint density at radius 2 is 1.86 bits per heavy atom. The summed E-state index contributed by atoms with van der Waals surface area (Å²) in [5, 5.41) is 2.96. The minimum absolute atomic E-state index is 0.0567. The highest BCUT2D eigenvalue weighted by Gasteiger charge is 2.26. The molecule has 0 fully saturated rings. The van der Waals surface area contributed by atoms with E-state index in [0.717, 1.165) is 34.5 Å². The van der Waals surface area contributed by atoms with E-state index in [1.807, 2.05) is 50.2 Å². The fourth-order valence-corrected chi connectivity index (χ4v) is 3.42. The Labute approximate surface area is 164 Å². The van der Waals surface area contributed by atoms with E-state index in [2.05, 4.69) is 10.3 Å². The number of benzene rings is 2.